The Morgan fingerprint density at radius 2 is 1.43 bits per heavy atom. The molecule has 0 unspecified atom stereocenters. The number of rotatable bonds is 3. The summed E-state index contributed by atoms with van der Waals surface area (Å²) in [6, 6.07) is 13.1. The summed E-state index contributed by atoms with van der Waals surface area (Å²) < 4.78 is 14.0. The Balaban J connectivity index is 1.40. The van der Waals surface area contributed by atoms with E-state index in [2.05, 4.69) is 0 Å². The van der Waals surface area contributed by atoms with Gasteiger partial charge >= 0.3 is 0 Å². The average Bonchev–Trinajstić information content (AvgIpc) is 3.04. The van der Waals surface area contributed by atoms with Gasteiger partial charge in [0.2, 0.25) is 5.91 Å². The molecule has 0 spiro atoms. The van der Waals surface area contributed by atoms with Gasteiger partial charge < -0.3 is 14.7 Å². The quantitative estimate of drug-likeness (QED) is 0.783. The van der Waals surface area contributed by atoms with Crippen LogP contribution in [0.4, 0.5) is 10.1 Å². The van der Waals surface area contributed by atoms with Gasteiger partial charge in [0, 0.05) is 50.4 Å². The standard InChI is InChI=1S/C23H24FN3O3/c24-20-6-2-1-5-19(20)23(30)26-13-4-12-25(15-16-26)22(29)17-8-10-18(11-9-17)27-14-3-7-21(27)28/h1-2,5-6,8-11H,3-4,7,12-16H2. The lowest BCUT2D eigenvalue weighted by Gasteiger charge is -2.23. The molecule has 0 N–H and O–H groups in total. The molecule has 0 saturated carbocycles. The second-order valence-corrected chi connectivity index (χ2v) is 7.61. The molecular weight excluding hydrogens is 385 g/mol. The summed E-state index contributed by atoms with van der Waals surface area (Å²) in [4.78, 5) is 42.5. The molecule has 0 aromatic heterocycles. The number of nitrogens with zero attached hydrogens (tertiary/aromatic N) is 3. The maximum atomic E-state index is 14.0. The highest BCUT2D eigenvalue weighted by molar-refractivity contribution is 5.98. The minimum Gasteiger partial charge on any atom is -0.337 e. The highest BCUT2D eigenvalue weighted by atomic mass is 19.1. The molecule has 4 rings (SSSR count). The lowest BCUT2D eigenvalue weighted by molar-refractivity contribution is -0.117. The minimum atomic E-state index is -0.531. The lowest BCUT2D eigenvalue weighted by atomic mass is 10.1. The van der Waals surface area contributed by atoms with E-state index in [0.717, 1.165) is 12.1 Å². The zero-order valence-electron chi connectivity index (χ0n) is 16.7. The first-order chi connectivity index (χ1) is 14.5. The first kappa shape index (κ1) is 20.1. The molecule has 156 valence electrons. The third kappa shape index (κ3) is 4.06. The zero-order valence-corrected chi connectivity index (χ0v) is 16.7. The molecule has 2 aromatic rings. The topological polar surface area (TPSA) is 60.9 Å². The van der Waals surface area contributed by atoms with E-state index in [4.69, 9.17) is 0 Å². The van der Waals surface area contributed by atoms with Gasteiger partial charge in [0.1, 0.15) is 5.82 Å². The van der Waals surface area contributed by atoms with Crippen LogP contribution in [0.5, 0.6) is 0 Å². The maximum absolute atomic E-state index is 14.0. The van der Waals surface area contributed by atoms with E-state index in [0.29, 0.717) is 51.1 Å². The predicted molar refractivity (Wildman–Crippen MR) is 111 cm³/mol. The molecule has 7 heteroatoms. The number of carbonyl (C=O) groups is 3. The van der Waals surface area contributed by atoms with Crippen molar-refractivity contribution in [3.8, 4) is 0 Å². The van der Waals surface area contributed by atoms with Crippen LogP contribution in [0.1, 0.15) is 40.0 Å². The first-order valence-electron chi connectivity index (χ1n) is 10.3. The van der Waals surface area contributed by atoms with Crippen LogP contribution in [0.15, 0.2) is 48.5 Å². The van der Waals surface area contributed by atoms with Gasteiger partial charge in [-0.25, -0.2) is 4.39 Å². The third-order valence-corrected chi connectivity index (χ3v) is 5.67. The van der Waals surface area contributed by atoms with Crippen molar-refractivity contribution in [1.29, 1.82) is 0 Å². The average molecular weight is 409 g/mol. The smallest absolute Gasteiger partial charge is 0.256 e. The van der Waals surface area contributed by atoms with E-state index in [1.807, 2.05) is 12.1 Å². The zero-order chi connectivity index (χ0) is 21.1. The molecule has 30 heavy (non-hydrogen) atoms. The van der Waals surface area contributed by atoms with Crippen molar-refractivity contribution in [2.45, 2.75) is 19.3 Å². The molecule has 0 bridgehead atoms. The van der Waals surface area contributed by atoms with Crippen LogP contribution in [0, 0.1) is 5.82 Å². The van der Waals surface area contributed by atoms with Crippen LogP contribution < -0.4 is 4.90 Å². The monoisotopic (exact) mass is 409 g/mol. The fourth-order valence-corrected chi connectivity index (χ4v) is 4.02. The molecule has 2 fully saturated rings. The molecule has 2 aliphatic rings. The van der Waals surface area contributed by atoms with Crippen molar-refractivity contribution in [3.05, 3.63) is 65.5 Å². The summed E-state index contributed by atoms with van der Waals surface area (Å²) in [5.74, 6) is -0.867. The first-order valence-corrected chi connectivity index (χ1v) is 10.3. The molecule has 2 saturated heterocycles. The summed E-state index contributed by atoms with van der Waals surface area (Å²) in [5.41, 5.74) is 1.43. The fraction of sp³-hybridized carbons (Fsp3) is 0.348. The van der Waals surface area contributed by atoms with E-state index >= 15 is 0 Å². The van der Waals surface area contributed by atoms with E-state index in [1.165, 1.54) is 12.1 Å². The van der Waals surface area contributed by atoms with E-state index in [9.17, 15) is 18.8 Å². The van der Waals surface area contributed by atoms with Crippen molar-refractivity contribution in [2.75, 3.05) is 37.6 Å². The summed E-state index contributed by atoms with van der Waals surface area (Å²) in [5, 5.41) is 0. The summed E-state index contributed by atoms with van der Waals surface area (Å²) in [6.07, 6.45) is 2.05. The Bertz CT molecular complexity index is 960. The third-order valence-electron chi connectivity index (χ3n) is 5.67. The molecule has 0 aliphatic carbocycles. The van der Waals surface area contributed by atoms with Crippen molar-refractivity contribution >= 4 is 23.4 Å². The molecule has 0 atom stereocenters. The predicted octanol–water partition coefficient (Wildman–Crippen LogP) is 2.94. The van der Waals surface area contributed by atoms with Crippen LogP contribution in [0.3, 0.4) is 0 Å². The van der Waals surface area contributed by atoms with Gasteiger partial charge in [-0.05, 0) is 49.2 Å². The van der Waals surface area contributed by atoms with Crippen molar-refractivity contribution < 1.29 is 18.8 Å². The Hall–Kier alpha value is -3.22. The van der Waals surface area contributed by atoms with Crippen LogP contribution in [0.2, 0.25) is 0 Å². The van der Waals surface area contributed by atoms with E-state index in [-0.39, 0.29) is 23.3 Å². The molecule has 2 aliphatic heterocycles. The Morgan fingerprint density at radius 1 is 0.767 bits per heavy atom. The fourth-order valence-electron chi connectivity index (χ4n) is 4.02. The number of anilines is 1. The number of benzene rings is 2. The number of hydrogen-bond acceptors (Lipinski definition) is 3. The van der Waals surface area contributed by atoms with Crippen molar-refractivity contribution in [3.63, 3.8) is 0 Å². The van der Waals surface area contributed by atoms with Crippen LogP contribution >= 0.6 is 0 Å². The van der Waals surface area contributed by atoms with Gasteiger partial charge in [-0.1, -0.05) is 12.1 Å². The Labute approximate surface area is 174 Å². The second kappa shape index (κ2) is 8.65. The van der Waals surface area contributed by atoms with Crippen molar-refractivity contribution in [2.24, 2.45) is 0 Å². The summed E-state index contributed by atoms with van der Waals surface area (Å²) in [6.45, 7) is 2.48. The molecule has 6 nitrogen and oxygen atoms in total. The van der Waals surface area contributed by atoms with Gasteiger partial charge in [0.15, 0.2) is 0 Å². The largest absolute Gasteiger partial charge is 0.337 e. The molecule has 2 heterocycles. The minimum absolute atomic E-state index is 0.0596. The normalized spacial score (nSPS) is 17.2. The van der Waals surface area contributed by atoms with Gasteiger partial charge in [-0.15, -0.1) is 0 Å². The number of halogens is 1. The second-order valence-electron chi connectivity index (χ2n) is 7.61. The highest BCUT2D eigenvalue weighted by Crippen LogP contribution is 2.22. The molecule has 2 aromatic carbocycles. The van der Waals surface area contributed by atoms with Crippen LogP contribution in [-0.2, 0) is 4.79 Å². The lowest BCUT2D eigenvalue weighted by Crippen LogP contribution is -2.37. The molecular formula is C23H24FN3O3. The van der Waals surface area contributed by atoms with Crippen molar-refractivity contribution in [1.82, 2.24) is 9.80 Å². The van der Waals surface area contributed by atoms with Gasteiger partial charge in [-0.2, -0.15) is 0 Å². The highest BCUT2D eigenvalue weighted by Gasteiger charge is 2.26. The Morgan fingerprint density at radius 3 is 2.07 bits per heavy atom. The Kier molecular flexibility index (Phi) is 5.79. The summed E-state index contributed by atoms with van der Waals surface area (Å²) in [7, 11) is 0. The number of hydrogen-bond donors (Lipinski definition) is 0. The summed E-state index contributed by atoms with van der Waals surface area (Å²) >= 11 is 0. The number of amides is 3. The van der Waals surface area contributed by atoms with Gasteiger partial charge in [0.25, 0.3) is 11.8 Å². The van der Waals surface area contributed by atoms with Crippen LogP contribution in [-0.4, -0.2) is 60.2 Å². The van der Waals surface area contributed by atoms with E-state index < -0.39 is 5.82 Å². The number of carbonyl (C=O) groups excluding carboxylic acids is 3. The van der Waals surface area contributed by atoms with E-state index in [1.54, 1.807) is 39.0 Å². The molecule has 3 amide bonds. The van der Waals surface area contributed by atoms with Gasteiger partial charge in [0.05, 0.1) is 5.56 Å². The van der Waals surface area contributed by atoms with Gasteiger partial charge in [-0.3, -0.25) is 14.4 Å². The molecule has 0 radical (unpaired) electrons. The SMILES string of the molecule is O=C(c1ccc(N2CCCC2=O)cc1)N1CCCN(C(=O)c2ccccc2F)CC1. The maximum Gasteiger partial charge on any atom is 0.256 e. The van der Waals surface area contributed by atoms with Crippen LogP contribution in [0.25, 0.3) is 0 Å².